The minimum absolute atomic E-state index is 0.104. The van der Waals surface area contributed by atoms with Gasteiger partial charge in [0.15, 0.2) is 0 Å². The Kier molecular flexibility index (Phi) is 3.65. The molecule has 0 spiro atoms. The molecule has 0 aliphatic heterocycles. The first-order valence-corrected chi connectivity index (χ1v) is 6.71. The third-order valence-corrected chi connectivity index (χ3v) is 3.35. The number of pyridine rings is 1. The van der Waals surface area contributed by atoms with Gasteiger partial charge in [-0.15, -0.1) is 0 Å². The van der Waals surface area contributed by atoms with E-state index in [2.05, 4.69) is 4.98 Å². The van der Waals surface area contributed by atoms with E-state index in [9.17, 15) is 9.50 Å². The van der Waals surface area contributed by atoms with Crippen LogP contribution < -0.4 is 0 Å². The molecule has 3 aromatic rings. The van der Waals surface area contributed by atoms with E-state index in [0.717, 1.165) is 5.56 Å². The summed E-state index contributed by atoms with van der Waals surface area (Å²) < 4.78 is 13.3. The fourth-order valence-corrected chi connectivity index (χ4v) is 2.30. The van der Waals surface area contributed by atoms with Crippen LogP contribution in [0.4, 0.5) is 4.39 Å². The summed E-state index contributed by atoms with van der Waals surface area (Å²) in [5, 5.41) is 10.4. The summed E-state index contributed by atoms with van der Waals surface area (Å²) in [6.07, 6.45) is 2.17. The highest BCUT2D eigenvalue weighted by molar-refractivity contribution is 5.70. The average Bonchev–Trinajstić information content (AvgIpc) is 2.50. The number of halogens is 1. The molecule has 1 heterocycles. The monoisotopic (exact) mass is 279 g/mol. The number of aromatic hydroxyl groups is 1. The molecule has 0 fully saturated rings. The van der Waals surface area contributed by atoms with Gasteiger partial charge in [0.05, 0.1) is 5.69 Å². The molecule has 3 rings (SSSR count). The first kappa shape index (κ1) is 13.3. The van der Waals surface area contributed by atoms with Gasteiger partial charge in [-0.1, -0.05) is 42.5 Å². The van der Waals surface area contributed by atoms with Gasteiger partial charge in [-0.2, -0.15) is 0 Å². The number of rotatable bonds is 3. The van der Waals surface area contributed by atoms with Gasteiger partial charge in [-0.25, -0.2) is 4.39 Å². The second-order valence-corrected chi connectivity index (χ2v) is 4.83. The van der Waals surface area contributed by atoms with Crippen molar-refractivity contribution in [1.82, 2.24) is 4.98 Å². The lowest BCUT2D eigenvalue weighted by Crippen LogP contribution is -1.94. The molecule has 0 saturated heterocycles. The van der Waals surface area contributed by atoms with Gasteiger partial charge >= 0.3 is 0 Å². The van der Waals surface area contributed by atoms with Crippen molar-refractivity contribution in [3.8, 4) is 16.9 Å². The van der Waals surface area contributed by atoms with E-state index in [1.54, 1.807) is 24.4 Å². The Morgan fingerprint density at radius 2 is 1.76 bits per heavy atom. The van der Waals surface area contributed by atoms with E-state index in [0.29, 0.717) is 23.2 Å². The van der Waals surface area contributed by atoms with Crippen LogP contribution in [0.15, 0.2) is 66.9 Å². The summed E-state index contributed by atoms with van der Waals surface area (Å²) in [5.74, 6) is -0.222. The van der Waals surface area contributed by atoms with Gasteiger partial charge in [0.1, 0.15) is 11.6 Å². The van der Waals surface area contributed by atoms with Crippen molar-refractivity contribution < 1.29 is 9.50 Å². The predicted octanol–water partition coefficient (Wildman–Crippen LogP) is 4.18. The van der Waals surface area contributed by atoms with E-state index in [1.807, 2.05) is 30.3 Å². The third kappa shape index (κ3) is 2.92. The zero-order valence-electron chi connectivity index (χ0n) is 11.3. The Morgan fingerprint density at radius 3 is 2.52 bits per heavy atom. The number of hydrogen-bond donors (Lipinski definition) is 1. The highest BCUT2D eigenvalue weighted by Gasteiger charge is 2.11. The van der Waals surface area contributed by atoms with Crippen molar-refractivity contribution in [3.05, 3.63) is 83.9 Å². The number of hydrogen-bond acceptors (Lipinski definition) is 2. The Bertz CT molecular complexity index is 756. The summed E-state index contributed by atoms with van der Waals surface area (Å²) in [6.45, 7) is 0. The van der Waals surface area contributed by atoms with Crippen LogP contribution in [0.2, 0.25) is 0 Å². The quantitative estimate of drug-likeness (QED) is 0.780. The molecule has 3 heteroatoms. The SMILES string of the molecule is Oc1c(-c2cccc(F)c2)ccnc1Cc1ccccc1. The average molecular weight is 279 g/mol. The Hall–Kier alpha value is -2.68. The first-order chi connectivity index (χ1) is 10.2. The van der Waals surface area contributed by atoms with Crippen LogP contribution in [-0.4, -0.2) is 10.1 Å². The second-order valence-electron chi connectivity index (χ2n) is 4.83. The maximum Gasteiger partial charge on any atom is 0.145 e. The summed E-state index contributed by atoms with van der Waals surface area (Å²) in [5.41, 5.74) is 2.89. The standard InChI is InChI=1S/C18H14FNO/c19-15-8-4-7-14(12-15)16-9-10-20-17(18(16)21)11-13-5-2-1-3-6-13/h1-10,12,21H,11H2. The van der Waals surface area contributed by atoms with E-state index in [1.165, 1.54) is 12.1 Å². The molecule has 1 aromatic heterocycles. The molecule has 0 aliphatic rings. The smallest absolute Gasteiger partial charge is 0.145 e. The van der Waals surface area contributed by atoms with Gasteiger partial charge in [0.25, 0.3) is 0 Å². The zero-order valence-corrected chi connectivity index (χ0v) is 11.3. The Labute approximate surface area is 122 Å². The van der Waals surface area contributed by atoms with Gasteiger partial charge in [-0.3, -0.25) is 4.98 Å². The molecule has 2 nitrogen and oxygen atoms in total. The molecule has 0 unspecified atom stereocenters. The zero-order chi connectivity index (χ0) is 14.7. The van der Waals surface area contributed by atoms with Gasteiger partial charge in [0, 0.05) is 18.2 Å². The molecule has 0 atom stereocenters. The number of nitrogens with zero attached hydrogens (tertiary/aromatic N) is 1. The summed E-state index contributed by atoms with van der Waals surface area (Å²) in [6, 6.07) is 17.7. The van der Waals surface area contributed by atoms with Crippen molar-refractivity contribution >= 4 is 0 Å². The van der Waals surface area contributed by atoms with Gasteiger partial charge < -0.3 is 5.11 Å². The fraction of sp³-hybridized carbons (Fsp3) is 0.0556. The van der Waals surface area contributed by atoms with Crippen molar-refractivity contribution in [2.45, 2.75) is 6.42 Å². The highest BCUT2D eigenvalue weighted by atomic mass is 19.1. The predicted molar refractivity (Wildman–Crippen MR) is 80.5 cm³/mol. The van der Waals surface area contributed by atoms with Gasteiger partial charge in [0.2, 0.25) is 0 Å². The van der Waals surface area contributed by atoms with Gasteiger partial charge in [-0.05, 0) is 29.3 Å². The molecular formula is C18H14FNO. The maximum atomic E-state index is 13.3. The van der Waals surface area contributed by atoms with Crippen LogP contribution in [0.5, 0.6) is 5.75 Å². The fourth-order valence-electron chi connectivity index (χ4n) is 2.30. The van der Waals surface area contributed by atoms with E-state index >= 15 is 0 Å². The van der Waals surface area contributed by atoms with Crippen LogP contribution in [0.1, 0.15) is 11.3 Å². The van der Waals surface area contributed by atoms with Crippen molar-refractivity contribution in [1.29, 1.82) is 0 Å². The largest absolute Gasteiger partial charge is 0.505 e. The third-order valence-electron chi connectivity index (χ3n) is 3.35. The van der Waals surface area contributed by atoms with Crippen LogP contribution in [0.25, 0.3) is 11.1 Å². The van der Waals surface area contributed by atoms with E-state index in [4.69, 9.17) is 0 Å². The number of benzene rings is 2. The van der Waals surface area contributed by atoms with Crippen LogP contribution >= 0.6 is 0 Å². The lowest BCUT2D eigenvalue weighted by Gasteiger charge is -2.09. The number of aromatic nitrogens is 1. The van der Waals surface area contributed by atoms with Crippen LogP contribution in [0, 0.1) is 5.82 Å². The molecule has 1 N–H and O–H groups in total. The summed E-state index contributed by atoms with van der Waals surface area (Å²) in [7, 11) is 0. The minimum atomic E-state index is -0.326. The topological polar surface area (TPSA) is 33.1 Å². The maximum absolute atomic E-state index is 13.3. The summed E-state index contributed by atoms with van der Waals surface area (Å²) >= 11 is 0. The lowest BCUT2D eigenvalue weighted by atomic mass is 10.0. The molecule has 0 amide bonds. The lowest BCUT2D eigenvalue weighted by molar-refractivity contribution is 0.467. The highest BCUT2D eigenvalue weighted by Crippen LogP contribution is 2.32. The molecule has 104 valence electrons. The summed E-state index contributed by atoms with van der Waals surface area (Å²) in [4.78, 5) is 4.24. The second kappa shape index (κ2) is 5.75. The van der Waals surface area contributed by atoms with Crippen molar-refractivity contribution in [2.24, 2.45) is 0 Å². The minimum Gasteiger partial charge on any atom is -0.505 e. The molecule has 2 aromatic carbocycles. The molecule has 0 aliphatic carbocycles. The molecule has 0 bridgehead atoms. The molecule has 21 heavy (non-hydrogen) atoms. The van der Waals surface area contributed by atoms with E-state index in [-0.39, 0.29) is 11.6 Å². The molecular weight excluding hydrogens is 265 g/mol. The van der Waals surface area contributed by atoms with Crippen LogP contribution in [-0.2, 0) is 6.42 Å². The Balaban J connectivity index is 1.99. The van der Waals surface area contributed by atoms with E-state index < -0.39 is 0 Å². The van der Waals surface area contributed by atoms with Crippen molar-refractivity contribution in [2.75, 3.05) is 0 Å². The first-order valence-electron chi connectivity index (χ1n) is 6.71. The van der Waals surface area contributed by atoms with Crippen molar-refractivity contribution in [3.63, 3.8) is 0 Å². The molecule has 0 radical (unpaired) electrons. The molecule has 0 saturated carbocycles. The van der Waals surface area contributed by atoms with Crippen LogP contribution in [0.3, 0.4) is 0 Å². The Morgan fingerprint density at radius 1 is 0.952 bits per heavy atom. The normalized spacial score (nSPS) is 10.5.